The summed E-state index contributed by atoms with van der Waals surface area (Å²) in [5.74, 6) is 0. The molecule has 0 unspecified atom stereocenters. The first-order chi connectivity index (χ1) is 9.91. The van der Waals surface area contributed by atoms with E-state index >= 15 is 0 Å². The summed E-state index contributed by atoms with van der Waals surface area (Å²) in [6, 6.07) is 0. The Morgan fingerprint density at radius 2 is 0.762 bits per heavy atom. The molecule has 0 saturated carbocycles. The van der Waals surface area contributed by atoms with Crippen LogP contribution in [0, 0.1) is 0 Å². The molecule has 0 amide bonds. The zero-order valence-electron chi connectivity index (χ0n) is 14.9. The van der Waals surface area contributed by atoms with Crippen molar-refractivity contribution in [3.63, 3.8) is 0 Å². The molecule has 0 rings (SSSR count). The normalized spacial score (nSPS) is 10.6. The predicted octanol–water partition coefficient (Wildman–Crippen LogP) is 7.09. The SMILES string of the molecule is CCCCCCCCCCCCCCCCCCNC.I. The van der Waals surface area contributed by atoms with Crippen molar-refractivity contribution in [3.8, 4) is 0 Å². The van der Waals surface area contributed by atoms with Gasteiger partial charge in [0.25, 0.3) is 0 Å². The van der Waals surface area contributed by atoms with E-state index < -0.39 is 0 Å². The zero-order valence-corrected chi connectivity index (χ0v) is 17.3. The highest BCUT2D eigenvalue weighted by atomic mass is 127. The van der Waals surface area contributed by atoms with E-state index in [-0.39, 0.29) is 24.0 Å². The summed E-state index contributed by atoms with van der Waals surface area (Å²) in [4.78, 5) is 0. The second kappa shape index (κ2) is 23.0. The zero-order chi connectivity index (χ0) is 14.7. The molecular formula is C19H42IN. The molecule has 0 heterocycles. The average Bonchev–Trinajstić information content (AvgIpc) is 2.47. The van der Waals surface area contributed by atoms with E-state index in [9.17, 15) is 0 Å². The van der Waals surface area contributed by atoms with Gasteiger partial charge in [-0.2, -0.15) is 0 Å². The minimum atomic E-state index is 0. The van der Waals surface area contributed by atoms with Crippen LogP contribution in [-0.4, -0.2) is 13.6 Å². The van der Waals surface area contributed by atoms with Gasteiger partial charge in [0.2, 0.25) is 0 Å². The second-order valence-electron chi connectivity index (χ2n) is 6.41. The maximum absolute atomic E-state index is 3.22. The van der Waals surface area contributed by atoms with E-state index in [1.165, 1.54) is 109 Å². The van der Waals surface area contributed by atoms with Crippen LogP contribution in [0.3, 0.4) is 0 Å². The largest absolute Gasteiger partial charge is 0.320 e. The Bertz CT molecular complexity index is 144. The highest BCUT2D eigenvalue weighted by Gasteiger charge is 1.94. The van der Waals surface area contributed by atoms with Crippen LogP contribution in [0.1, 0.15) is 110 Å². The smallest absolute Gasteiger partial charge is 0.00519 e. The summed E-state index contributed by atoms with van der Waals surface area (Å²) in [6.07, 6.45) is 23.2. The van der Waals surface area contributed by atoms with Crippen LogP contribution >= 0.6 is 24.0 Å². The van der Waals surface area contributed by atoms with E-state index in [0.29, 0.717) is 0 Å². The Labute approximate surface area is 152 Å². The maximum atomic E-state index is 3.22. The molecule has 0 saturated heterocycles. The Balaban J connectivity index is 0. The van der Waals surface area contributed by atoms with Crippen LogP contribution in [0.5, 0.6) is 0 Å². The van der Waals surface area contributed by atoms with E-state index in [4.69, 9.17) is 0 Å². The molecule has 0 aromatic heterocycles. The Morgan fingerprint density at radius 1 is 0.476 bits per heavy atom. The molecule has 1 N–H and O–H groups in total. The van der Waals surface area contributed by atoms with Crippen molar-refractivity contribution in [1.29, 1.82) is 0 Å². The molecule has 0 aliphatic carbocycles. The summed E-state index contributed by atoms with van der Waals surface area (Å²) in [7, 11) is 2.05. The van der Waals surface area contributed by atoms with E-state index in [1.54, 1.807) is 0 Å². The van der Waals surface area contributed by atoms with Gasteiger partial charge >= 0.3 is 0 Å². The third kappa shape index (κ3) is 23.1. The molecule has 1 nitrogen and oxygen atoms in total. The average molecular weight is 411 g/mol. The van der Waals surface area contributed by atoms with Crippen molar-refractivity contribution < 1.29 is 0 Å². The van der Waals surface area contributed by atoms with Crippen LogP contribution in [-0.2, 0) is 0 Å². The van der Waals surface area contributed by atoms with Crippen LogP contribution < -0.4 is 5.32 Å². The highest BCUT2D eigenvalue weighted by Crippen LogP contribution is 2.13. The quantitative estimate of drug-likeness (QED) is 0.199. The van der Waals surface area contributed by atoms with E-state index in [2.05, 4.69) is 12.2 Å². The molecule has 0 bridgehead atoms. The van der Waals surface area contributed by atoms with Gasteiger partial charge in [-0.25, -0.2) is 0 Å². The standard InChI is InChI=1S/C19H41N.HI/c1-3-4-5-6-7-8-9-10-11-12-13-14-15-16-17-18-19-20-2;/h20H,3-19H2,1-2H3;1H. The van der Waals surface area contributed by atoms with Gasteiger partial charge in [0.1, 0.15) is 0 Å². The van der Waals surface area contributed by atoms with Crippen molar-refractivity contribution in [2.24, 2.45) is 0 Å². The van der Waals surface area contributed by atoms with Crippen molar-refractivity contribution in [3.05, 3.63) is 0 Å². The third-order valence-corrected chi connectivity index (χ3v) is 4.28. The predicted molar refractivity (Wildman–Crippen MR) is 109 cm³/mol. The molecule has 0 spiro atoms. The Morgan fingerprint density at radius 3 is 1.05 bits per heavy atom. The van der Waals surface area contributed by atoms with Gasteiger partial charge in [0, 0.05) is 0 Å². The van der Waals surface area contributed by atoms with Crippen molar-refractivity contribution in [2.75, 3.05) is 13.6 Å². The van der Waals surface area contributed by atoms with E-state index in [1.807, 2.05) is 7.05 Å². The highest BCUT2D eigenvalue weighted by molar-refractivity contribution is 14.0. The summed E-state index contributed by atoms with van der Waals surface area (Å²) in [5, 5.41) is 3.22. The lowest BCUT2D eigenvalue weighted by molar-refractivity contribution is 0.528. The van der Waals surface area contributed by atoms with Crippen LogP contribution in [0.4, 0.5) is 0 Å². The van der Waals surface area contributed by atoms with Gasteiger partial charge in [-0.1, -0.05) is 103 Å². The number of hydrogen-bond donors (Lipinski definition) is 1. The molecule has 0 aromatic carbocycles. The number of unbranched alkanes of at least 4 members (excludes halogenated alkanes) is 15. The fourth-order valence-corrected chi connectivity index (χ4v) is 2.85. The van der Waals surface area contributed by atoms with Crippen LogP contribution in [0.15, 0.2) is 0 Å². The first kappa shape index (κ1) is 23.9. The van der Waals surface area contributed by atoms with Gasteiger partial charge in [-0.3, -0.25) is 0 Å². The van der Waals surface area contributed by atoms with Gasteiger partial charge in [0.15, 0.2) is 0 Å². The van der Waals surface area contributed by atoms with E-state index in [0.717, 1.165) is 0 Å². The third-order valence-electron chi connectivity index (χ3n) is 4.28. The molecule has 0 atom stereocenters. The molecule has 21 heavy (non-hydrogen) atoms. The lowest BCUT2D eigenvalue weighted by Crippen LogP contribution is -2.06. The topological polar surface area (TPSA) is 12.0 Å². The van der Waals surface area contributed by atoms with Crippen molar-refractivity contribution in [1.82, 2.24) is 5.32 Å². The molecule has 0 radical (unpaired) electrons. The molecule has 0 fully saturated rings. The van der Waals surface area contributed by atoms with Gasteiger partial charge in [0.05, 0.1) is 0 Å². The van der Waals surface area contributed by atoms with Crippen LogP contribution in [0.25, 0.3) is 0 Å². The molecule has 2 heteroatoms. The fraction of sp³-hybridized carbons (Fsp3) is 1.00. The molecule has 0 aliphatic heterocycles. The van der Waals surface area contributed by atoms with Gasteiger partial charge < -0.3 is 5.32 Å². The first-order valence-corrected chi connectivity index (χ1v) is 9.56. The molecule has 130 valence electrons. The Kier molecular flexibility index (Phi) is 26.2. The van der Waals surface area contributed by atoms with Gasteiger partial charge in [-0.05, 0) is 20.0 Å². The number of nitrogens with one attached hydrogen (secondary N) is 1. The van der Waals surface area contributed by atoms with Crippen LogP contribution in [0.2, 0.25) is 0 Å². The second-order valence-corrected chi connectivity index (χ2v) is 6.41. The Hall–Kier alpha value is 0.690. The lowest BCUT2D eigenvalue weighted by Gasteiger charge is -2.03. The lowest BCUT2D eigenvalue weighted by atomic mass is 10.0. The molecular weight excluding hydrogens is 369 g/mol. The monoisotopic (exact) mass is 411 g/mol. The molecule has 0 aromatic rings. The summed E-state index contributed by atoms with van der Waals surface area (Å²) in [6.45, 7) is 3.49. The minimum absolute atomic E-state index is 0. The molecule has 0 aliphatic rings. The van der Waals surface area contributed by atoms with Crippen molar-refractivity contribution >= 4 is 24.0 Å². The summed E-state index contributed by atoms with van der Waals surface area (Å²) < 4.78 is 0. The number of hydrogen-bond acceptors (Lipinski definition) is 1. The maximum Gasteiger partial charge on any atom is -0.00519 e. The fourth-order valence-electron chi connectivity index (χ4n) is 2.85. The van der Waals surface area contributed by atoms with Crippen molar-refractivity contribution in [2.45, 2.75) is 110 Å². The number of halogens is 1. The summed E-state index contributed by atoms with van der Waals surface area (Å²) in [5.41, 5.74) is 0. The first-order valence-electron chi connectivity index (χ1n) is 9.56. The summed E-state index contributed by atoms with van der Waals surface area (Å²) >= 11 is 0. The minimum Gasteiger partial charge on any atom is -0.320 e. The number of rotatable bonds is 17. The van der Waals surface area contributed by atoms with Gasteiger partial charge in [-0.15, -0.1) is 24.0 Å².